The summed E-state index contributed by atoms with van der Waals surface area (Å²) in [6.07, 6.45) is 3.27. The van der Waals surface area contributed by atoms with Gasteiger partial charge in [0.15, 0.2) is 0 Å². The summed E-state index contributed by atoms with van der Waals surface area (Å²) in [4.78, 5) is 17.6. The summed E-state index contributed by atoms with van der Waals surface area (Å²) in [5.74, 6) is 0. The van der Waals surface area contributed by atoms with Crippen LogP contribution >= 0.6 is 0 Å². The molecular weight excluding hydrogens is 681 g/mol. The Labute approximate surface area is 256 Å². The molecule has 0 aliphatic rings. The van der Waals surface area contributed by atoms with Crippen molar-refractivity contribution in [3.05, 3.63) is 144 Å². The summed E-state index contributed by atoms with van der Waals surface area (Å²) in [7, 11) is 0. The normalized spacial score (nSPS) is 10.2. The van der Waals surface area contributed by atoms with Crippen molar-refractivity contribution in [1.29, 1.82) is 0 Å². The first-order valence-corrected chi connectivity index (χ1v) is 13.4. The Balaban J connectivity index is 0.000000184. The van der Waals surface area contributed by atoms with E-state index in [2.05, 4.69) is 145 Å². The summed E-state index contributed by atoms with van der Waals surface area (Å²) < 4.78 is 0. The molecular formula is C36H32IrN4+3. The first kappa shape index (κ1) is 29.7. The molecule has 2 aromatic heterocycles. The van der Waals surface area contributed by atoms with E-state index in [1.165, 1.54) is 22.3 Å². The van der Waals surface area contributed by atoms with Crippen molar-refractivity contribution in [2.45, 2.75) is 27.7 Å². The minimum Gasteiger partial charge on any atom is -0.236 e. The smallest absolute Gasteiger partial charge is 0.236 e. The molecule has 0 unspecified atom stereocenters. The molecule has 41 heavy (non-hydrogen) atoms. The topological polar surface area (TPSA) is 51.6 Å². The van der Waals surface area contributed by atoms with Crippen molar-refractivity contribution in [3.8, 4) is 45.0 Å². The van der Waals surface area contributed by atoms with Gasteiger partial charge in [0.05, 0.1) is 22.8 Å². The molecule has 0 aliphatic heterocycles. The Bertz CT molecular complexity index is 1510. The van der Waals surface area contributed by atoms with Crippen LogP contribution in [0.4, 0.5) is 0 Å². The zero-order chi connectivity index (χ0) is 27.9. The van der Waals surface area contributed by atoms with E-state index < -0.39 is 0 Å². The van der Waals surface area contributed by atoms with Gasteiger partial charge in [0, 0.05) is 22.3 Å². The predicted octanol–water partition coefficient (Wildman–Crippen LogP) is 8.85. The van der Waals surface area contributed by atoms with Crippen LogP contribution in [-0.4, -0.2) is 19.9 Å². The van der Waals surface area contributed by atoms with Crippen molar-refractivity contribution < 1.29 is 20.1 Å². The molecule has 0 fully saturated rings. The second kappa shape index (κ2) is 13.8. The van der Waals surface area contributed by atoms with E-state index in [0.29, 0.717) is 0 Å². The Morgan fingerprint density at radius 2 is 0.585 bits per heavy atom. The Morgan fingerprint density at radius 3 is 0.805 bits per heavy atom. The number of nitrogens with zero attached hydrogens (tertiary/aromatic N) is 4. The molecule has 0 saturated heterocycles. The molecule has 0 N–H and O–H groups in total. The average Bonchev–Trinajstić information content (AvgIpc) is 2.98. The maximum absolute atomic E-state index is 4.39. The third-order valence-electron chi connectivity index (χ3n) is 6.59. The zero-order valence-electron chi connectivity index (χ0n) is 23.7. The monoisotopic (exact) mass is 713 g/mol. The van der Waals surface area contributed by atoms with Crippen LogP contribution in [0.3, 0.4) is 0 Å². The summed E-state index contributed by atoms with van der Waals surface area (Å²) >= 11 is 0. The minimum atomic E-state index is 0. The van der Waals surface area contributed by atoms with E-state index in [1.807, 2.05) is 12.1 Å². The van der Waals surface area contributed by atoms with Crippen molar-refractivity contribution in [3.63, 3.8) is 0 Å². The Hall–Kier alpha value is -4.31. The van der Waals surface area contributed by atoms with Gasteiger partial charge >= 0.3 is 20.1 Å². The van der Waals surface area contributed by atoms with Crippen LogP contribution in [0, 0.1) is 27.7 Å². The van der Waals surface area contributed by atoms with Crippen molar-refractivity contribution in [2.24, 2.45) is 0 Å². The van der Waals surface area contributed by atoms with Crippen LogP contribution < -0.4 is 0 Å². The van der Waals surface area contributed by atoms with E-state index in [0.717, 1.165) is 45.0 Å². The fraction of sp³-hybridized carbons (Fsp3) is 0.111. The van der Waals surface area contributed by atoms with Crippen molar-refractivity contribution in [2.75, 3.05) is 0 Å². The second-order valence-electron chi connectivity index (χ2n) is 10.1. The molecule has 0 radical (unpaired) electrons. The van der Waals surface area contributed by atoms with E-state index in [-0.39, 0.29) is 20.1 Å². The van der Waals surface area contributed by atoms with Gasteiger partial charge in [0.1, 0.15) is 12.7 Å². The summed E-state index contributed by atoms with van der Waals surface area (Å²) in [6.45, 7) is 8.36. The molecule has 4 aromatic carbocycles. The molecule has 2 heterocycles. The van der Waals surface area contributed by atoms with E-state index in [4.69, 9.17) is 0 Å². The number of aromatic nitrogens is 4. The first-order valence-electron chi connectivity index (χ1n) is 13.4. The molecule has 6 aromatic rings. The average molecular weight is 713 g/mol. The largest absolute Gasteiger partial charge is 3.00 e. The molecule has 0 atom stereocenters. The van der Waals surface area contributed by atoms with Crippen LogP contribution in [0.5, 0.6) is 0 Å². The molecule has 0 aliphatic carbocycles. The Kier molecular flexibility index (Phi) is 10.0. The van der Waals surface area contributed by atoms with Crippen LogP contribution in [0.25, 0.3) is 45.0 Å². The molecule has 202 valence electrons. The number of hydrogen-bond acceptors (Lipinski definition) is 4. The molecule has 0 bridgehead atoms. The van der Waals surface area contributed by atoms with Crippen LogP contribution in [0.1, 0.15) is 22.3 Å². The van der Waals surface area contributed by atoms with Crippen molar-refractivity contribution in [1.82, 2.24) is 19.9 Å². The van der Waals surface area contributed by atoms with Gasteiger partial charge in [-0.3, -0.25) is 0 Å². The predicted molar refractivity (Wildman–Crippen MR) is 165 cm³/mol. The molecule has 0 saturated carbocycles. The van der Waals surface area contributed by atoms with Crippen LogP contribution in [-0.2, 0) is 20.1 Å². The third-order valence-corrected chi connectivity index (χ3v) is 6.59. The van der Waals surface area contributed by atoms with Gasteiger partial charge < -0.3 is 0 Å². The zero-order valence-corrected chi connectivity index (χ0v) is 26.1. The standard InChI is InChI=1S/2C18H16N2.Ir/c2*1-13-5-3-7-15(9-13)17-11-18(20-12-19-17)16-8-4-6-14(2)10-16;/h2*3-12H,1-2H3;/q;;+3. The van der Waals surface area contributed by atoms with Crippen molar-refractivity contribution >= 4 is 0 Å². The molecule has 0 spiro atoms. The maximum atomic E-state index is 4.39. The first-order chi connectivity index (χ1) is 19.4. The van der Waals surface area contributed by atoms with Gasteiger partial charge in [-0.1, -0.05) is 95.1 Å². The SMILES string of the molecule is Cc1cccc(-c2cc(-c3cccc(C)c3)ncn2)c1.Cc1cccc(-c2cc(-c3cccc(C)c3)ncn2)c1.[Ir+3]. The van der Waals surface area contributed by atoms with E-state index in [1.54, 1.807) is 12.7 Å². The van der Waals surface area contributed by atoms with Crippen LogP contribution in [0.15, 0.2) is 122 Å². The quantitative estimate of drug-likeness (QED) is 0.183. The van der Waals surface area contributed by atoms with Gasteiger partial charge in [0.25, 0.3) is 0 Å². The maximum Gasteiger partial charge on any atom is 3.00 e. The number of hydrogen-bond donors (Lipinski definition) is 0. The second-order valence-corrected chi connectivity index (χ2v) is 10.1. The van der Waals surface area contributed by atoms with Gasteiger partial charge in [-0.15, -0.1) is 0 Å². The molecule has 4 nitrogen and oxygen atoms in total. The van der Waals surface area contributed by atoms with E-state index >= 15 is 0 Å². The van der Waals surface area contributed by atoms with Gasteiger partial charge in [-0.2, -0.15) is 0 Å². The summed E-state index contributed by atoms with van der Waals surface area (Å²) in [5, 5.41) is 0. The fourth-order valence-electron chi connectivity index (χ4n) is 4.56. The summed E-state index contributed by atoms with van der Waals surface area (Å²) in [6, 6.07) is 37.5. The number of benzene rings is 4. The van der Waals surface area contributed by atoms with Gasteiger partial charge in [0.2, 0.25) is 0 Å². The fourth-order valence-corrected chi connectivity index (χ4v) is 4.56. The van der Waals surface area contributed by atoms with E-state index in [9.17, 15) is 0 Å². The molecule has 5 heteroatoms. The molecule has 0 amide bonds. The number of aryl methyl sites for hydroxylation is 4. The van der Waals surface area contributed by atoms with Gasteiger partial charge in [-0.05, 0) is 64.1 Å². The molecule has 6 rings (SSSR count). The summed E-state index contributed by atoms with van der Waals surface area (Å²) in [5.41, 5.74) is 13.3. The number of rotatable bonds is 4. The third kappa shape index (κ3) is 7.88. The van der Waals surface area contributed by atoms with Gasteiger partial charge in [-0.25, -0.2) is 19.9 Å². The Morgan fingerprint density at radius 1 is 0.341 bits per heavy atom. The minimum absolute atomic E-state index is 0. The van der Waals surface area contributed by atoms with Crippen LogP contribution in [0.2, 0.25) is 0 Å².